The van der Waals surface area contributed by atoms with Gasteiger partial charge in [-0.25, -0.2) is 0 Å². The molecule has 2 rings (SSSR count). The Hall–Kier alpha value is -0.910. The first-order chi connectivity index (χ1) is 8.56. The second kappa shape index (κ2) is 5.82. The van der Waals surface area contributed by atoms with Crippen LogP contribution in [0.1, 0.15) is 26.2 Å². The summed E-state index contributed by atoms with van der Waals surface area (Å²) in [7, 11) is -0.832. The number of hydrogen-bond acceptors (Lipinski definition) is 3. The third-order valence-corrected chi connectivity index (χ3v) is 5.15. The smallest absolute Gasteiger partial charge is 0.311 e. The largest absolute Gasteiger partial charge is 0.344 e. The molecule has 1 N–H and O–H groups in total. The van der Waals surface area contributed by atoms with E-state index in [1.165, 1.54) is 0 Å². The van der Waals surface area contributed by atoms with Crippen LogP contribution < -0.4 is 5.32 Å². The third kappa shape index (κ3) is 3.31. The molecule has 2 aliphatic rings. The molecule has 0 bridgehead atoms. The molecule has 0 aromatic rings. The van der Waals surface area contributed by atoms with Crippen molar-refractivity contribution in [2.75, 3.05) is 24.6 Å². The van der Waals surface area contributed by atoms with E-state index in [1.807, 2.05) is 0 Å². The van der Waals surface area contributed by atoms with E-state index in [9.17, 15) is 13.8 Å². The van der Waals surface area contributed by atoms with Crippen LogP contribution in [0.3, 0.4) is 0 Å². The van der Waals surface area contributed by atoms with E-state index in [0.717, 1.165) is 12.8 Å². The maximum atomic E-state index is 11.9. The van der Waals surface area contributed by atoms with Crippen molar-refractivity contribution in [1.82, 2.24) is 10.2 Å². The summed E-state index contributed by atoms with van der Waals surface area (Å²) in [6.45, 7) is 3.50. The van der Waals surface area contributed by atoms with Crippen LogP contribution in [0.2, 0.25) is 0 Å². The molecule has 0 aromatic carbocycles. The Bertz CT molecular complexity index is 364. The van der Waals surface area contributed by atoms with Crippen LogP contribution in [0.15, 0.2) is 0 Å². The zero-order valence-corrected chi connectivity index (χ0v) is 11.5. The Morgan fingerprint density at radius 3 is 2.44 bits per heavy atom. The number of piperidine rings is 1. The van der Waals surface area contributed by atoms with Crippen LogP contribution in [0.25, 0.3) is 0 Å². The summed E-state index contributed by atoms with van der Waals surface area (Å²) in [5, 5.41) is 2.69. The maximum absolute atomic E-state index is 11.9. The Morgan fingerprint density at radius 2 is 1.89 bits per heavy atom. The minimum absolute atomic E-state index is 0.0917. The van der Waals surface area contributed by atoms with E-state index in [0.29, 0.717) is 36.9 Å². The fourth-order valence-electron chi connectivity index (χ4n) is 2.38. The molecular formula is C12H20N2O3S. The molecule has 0 spiro atoms. The summed E-state index contributed by atoms with van der Waals surface area (Å²) in [5.41, 5.74) is 0. The fourth-order valence-corrected chi connectivity index (χ4v) is 3.79. The number of nitrogens with one attached hydrogen (secondary N) is 1. The highest BCUT2D eigenvalue weighted by atomic mass is 32.2. The normalized spacial score (nSPS) is 29.3. The van der Waals surface area contributed by atoms with Crippen LogP contribution in [0.5, 0.6) is 0 Å². The first-order valence-electron chi connectivity index (χ1n) is 6.51. The number of carbonyl (C=O) groups excluding carboxylic acids is 2. The fraction of sp³-hybridized carbons (Fsp3) is 0.833. The lowest BCUT2D eigenvalue weighted by Gasteiger charge is -2.30. The van der Waals surface area contributed by atoms with Gasteiger partial charge in [0, 0.05) is 41.4 Å². The maximum Gasteiger partial charge on any atom is 0.311 e. The van der Waals surface area contributed by atoms with Gasteiger partial charge in [0.05, 0.1) is 0 Å². The summed E-state index contributed by atoms with van der Waals surface area (Å²) < 4.78 is 11.2. The van der Waals surface area contributed by atoms with Crippen molar-refractivity contribution in [2.24, 2.45) is 5.92 Å². The quantitative estimate of drug-likeness (QED) is 0.677. The Labute approximate surface area is 110 Å². The summed E-state index contributed by atoms with van der Waals surface area (Å²) in [4.78, 5) is 25.3. The van der Waals surface area contributed by atoms with Gasteiger partial charge >= 0.3 is 11.8 Å². The van der Waals surface area contributed by atoms with Gasteiger partial charge in [-0.3, -0.25) is 13.8 Å². The van der Waals surface area contributed by atoms with Crippen LogP contribution >= 0.6 is 0 Å². The predicted octanol–water partition coefficient (Wildman–Crippen LogP) is -0.118. The molecule has 6 heteroatoms. The average molecular weight is 272 g/mol. The second-order valence-corrected chi connectivity index (χ2v) is 6.87. The van der Waals surface area contributed by atoms with Crippen molar-refractivity contribution in [3.63, 3.8) is 0 Å². The van der Waals surface area contributed by atoms with Crippen molar-refractivity contribution >= 4 is 22.6 Å². The Kier molecular flexibility index (Phi) is 4.37. The molecule has 2 amide bonds. The molecular weight excluding hydrogens is 252 g/mol. The van der Waals surface area contributed by atoms with E-state index in [2.05, 4.69) is 12.2 Å². The molecule has 2 atom stereocenters. The molecule has 0 aliphatic carbocycles. The average Bonchev–Trinajstić information content (AvgIpc) is 2.75. The minimum atomic E-state index is -0.832. The molecule has 2 aliphatic heterocycles. The molecule has 18 heavy (non-hydrogen) atoms. The highest BCUT2D eigenvalue weighted by molar-refractivity contribution is 7.85. The highest BCUT2D eigenvalue weighted by Crippen LogP contribution is 2.16. The molecule has 0 radical (unpaired) electrons. The molecule has 2 fully saturated rings. The summed E-state index contributed by atoms with van der Waals surface area (Å²) in [6, 6.07) is -0.0917. The number of amides is 2. The second-order valence-electron chi connectivity index (χ2n) is 5.24. The minimum Gasteiger partial charge on any atom is -0.344 e. The topological polar surface area (TPSA) is 66.5 Å². The number of likely N-dealkylation sites (tertiary alicyclic amines) is 1. The standard InChI is InChI=1S/C12H20N2O3S/c1-9-2-5-14(6-3-9)12(16)11(15)13-10-4-7-18(17)8-10/h9-10H,2-8H2,1H3,(H,13,15). The number of hydrogen-bond donors (Lipinski definition) is 1. The van der Waals surface area contributed by atoms with Gasteiger partial charge in [0.1, 0.15) is 0 Å². The van der Waals surface area contributed by atoms with Crippen LogP contribution in [-0.4, -0.2) is 51.6 Å². The summed E-state index contributed by atoms with van der Waals surface area (Å²) in [6.07, 6.45) is 2.64. The van der Waals surface area contributed by atoms with Gasteiger partial charge < -0.3 is 10.2 Å². The lowest BCUT2D eigenvalue weighted by Crippen LogP contribution is -2.48. The molecule has 5 nitrogen and oxygen atoms in total. The third-order valence-electron chi connectivity index (χ3n) is 3.68. The Balaban J connectivity index is 1.81. The van der Waals surface area contributed by atoms with E-state index >= 15 is 0 Å². The van der Waals surface area contributed by atoms with Gasteiger partial charge in [0.25, 0.3) is 0 Å². The van der Waals surface area contributed by atoms with Gasteiger partial charge in [-0.05, 0) is 25.2 Å². The zero-order valence-electron chi connectivity index (χ0n) is 10.7. The zero-order chi connectivity index (χ0) is 13.1. The van der Waals surface area contributed by atoms with Gasteiger partial charge in [-0.1, -0.05) is 6.92 Å². The van der Waals surface area contributed by atoms with Gasteiger partial charge in [-0.15, -0.1) is 0 Å². The van der Waals surface area contributed by atoms with Crippen molar-refractivity contribution in [2.45, 2.75) is 32.2 Å². The highest BCUT2D eigenvalue weighted by Gasteiger charge is 2.29. The predicted molar refractivity (Wildman–Crippen MR) is 69.4 cm³/mol. The number of rotatable bonds is 1. The van der Waals surface area contributed by atoms with Gasteiger partial charge in [-0.2, -0.15) is 0 Å². The van der Waals surface area contributed by atoms with E-state index in [-0.39, 0.29) is 6.04 Å². The number of carbonyl (C=O) groups is 2. The van der Waals surface area contributed by atoms with Gasteiger partial charge in [0.2, 0.25) is 0 Å². The van der Waals surface area contributed by atoms with Crippen molar-refractivity contribution in [1.29, 1.82) is 0 Å². The molecule has 2 unspecified atom stereocenters. The number of nitrogens with zero attached hydrogens (tertiary/aromatic N) is 1. The lowest BCUT2D eigenvalue weighted by molar-refractivity contribution is -0.147. The van der Waals surface area contributed by atoms with E-state index < -0.39 is 22.6 Å². The molecule has 102 valence electrons. The monoisotopic (exact) mass is 272 g/mol. The van der Waals surface area contributed by atoms with E-state index in [1.54, 1.807) is 4.90 Å². The first kappa shape index (κ1) is 13.5. The lowest BCUT2D eigenvalue weighted by atomic mass is 9.99. The first-order valence-corrected chi connectivity index (χ1v) is 8.00. The van der Waals surface area contributed by atoms with E-state index in [4.69, 9.17) is 0 Å². The van der Waals surface area contributed by atoms with Crippen molar-refractivity contribution in [3.05, 3.63) is 0 Å². The molecule has 0 aromatic heterocycles. The SMILES string of the molecule is CC1CCN(C(=O)C(=O)NC2CCS(=O)C2)CC1. The molecule has 2 saturated heterocycles. The summed E-state index contributed by atoms with van der Waals surface area (Å²) >= 11 is 0. The van der Waals surface area contributed by atoms with Crippen LogP contribution in [-0.2, 0) is 20.4 Å². The van der Waals surface area contributed by atoms with Crippen LogP contribution in [0, 0.1) is 5.92 Å². The van der Waals surface area contributed by atoms with Crippen LogP contribution in [0.4, 0.5) is 0 Å². The summed E-state index contributed by atoms with van der Waals surface area (Å²) in [5.74, 6) is 0.776. The van der Waals surface area contributed by atoms with Crippen molar-refractivity contribution in [3.8, 4) is 0 Å². The molecule has 0 saturated carbocycles. The Morgan fingerprint density at radius 1 is 1.22 bits per heavy atom. The van der Waals surface area contributed by atoms with Gasteiger partial charge in [0.15, 0.2) is 0 Å². The van der Waals surface area contributed by atoms with Crippen molar-refractivity contribution < 1.29 is 13.8 Å². The molecule has 2 heterocycles.